The molecule has 1 heterocycles. The van der Waals surface area contributed by atoms with Crippen LogP contribution in [0.1, 0.15) is 5.69 Å². The largest absolute Gasteiger partial charge is 0.241 e. The molecule has 72 valence electrons. The monoisotopic (exact) mass is 223 g/mol. The van der Waals surface area contributed by atoms with Crippen LogP contribution in [0, 0.1) is 0 Å². The zero-order valence-corrected chi connectivity index (χ0v) is 9.18. The lowest BCUT2D eigenvalue weighted by Crippen LogP contribution is -1.85. The minimum atomic E-state index is 0.637. The Kier molecular flexibility index (Phi) is 3.17. The van der Waals surface area contributed by atoms with Crippen molar-refractivity contribution in [1.82, 2.24) is 4.98 Å². The van der Waals surface area contributed by atoms with Gasteiger partial charge in [0.05, 0.1) is 5.69 Å². The van der Waals surface area contributed by atoms with Crippen LogP contribution in [0.5, 0.6) is 0 Å². The van der Waals surface area contributed by atoms with E-state index in [1.165, 1.54) is 5.56 Å². The topological polar surface area (TPSA) is 12.9 Å². The quantitative estimate of drug-likeness (QED) is 0.725. The molecule has 1 aromatic carbocycles. The summed E-state index contributed by atoms with van der Waals surface area (Å²) in [5, 5.41) is 3.15. The Labute approximate surface area is 92.4 Å². The van der Waals surface area contributed by atoms with E-state index in [0.29, 0.717) is 5.88 Å². The molecule has 0 N–H and O–H groups in total. The second kappa shape index (κ2) is 4.58. The third-order valence-electron chi connectivity index (χ3n) is 1.92. The predicted octanol–water partition coefficient (Wildman–Crippen LogP) is 3.59. The highest BCUT2D eigenvalue weighted by molar-refractivity contribution is 7.13. The highest BCUT2D eigenvalue weighted by atomic mass is 35.5. The van der Waals surface area contributed by atoms with Crippen LogP contribution in [0.4, 0.5) is 0 Å². The first kappa shape index (κ1) is 9.69. The number of alkyl halides is 1. The van der Waals surface area contributed by atoms with E-state index in [9.17, 15) is 0 Å². The van der Waals surface area contributed by atoms with Crippen molar-refractivity contribution < 1.29 is 0 Å². The van der Waals surface area contributed by atoms with E-state index in [1.807, 2.05) is 18.2 Å². The fourth-order valence-corrected chi connectivity index (χ4v) is 2.29. The van der Waals surface area contributed by atoms with Crippen LogP contribution in [0.2, 0.25) is 0 Å². The maximum Gasteiger partial charge on any atom is 0.123 e. The van der Waals surface area contributed by atoms with Crippen molar-refractivity contribution in [1.29, 1.82) is 0 Å². The van der Waals surface area contributed by atoms with E-state index in [-0.39, 0.29) is 0 Å². The third-order valence-corrected chi connectivity index (χ3v) is 3.05. The van der Waals surface area contributed by atoms with Gasteiger partial charge >= 0.3 is 0 Å². The van der Waals surface area contributed by atoms with E-state index >= 15 is 0 Å². The fraction of sp³-hybridized carbons (Fsp3) is 0.182. The molecule has 0 amide bonds. The SMILES string of the molecule is ClCCc1csc(-c2ccccc2)n1. The van der Waals surface area contributed by atoms with Crippen molar-refractivity contribution in [3.8, 4) is 10.6 Å². The van der Waals surface area contributed by atoms with Crippen LogP contribution in [0.3, 0.4) is 0 Å². The first-order valence-electron chi connectivity index (χ1n) is 4.46. The first-order valence-corrected chi connectivity index (χ1v) is 5.87. The molecule has 0 saturated heterocycles. The number of rotatable bonds is 3. The van der Waals surface area contributed by atoms with Crippen molar-refractivity contribution in [2.45, 2.75) is 6.42 Å². The van der Waals surface area contributed by atoms with Crippen molar-refractivity contribution >= 4 is 22.9 Å². The lowest BCUT2D eigenvalue weighted by molar-refractivity contribution is 1.07. The molecule has 0 fully saturated rings. The van der Waals surface area contributed by atoms with Gasteiger partial charge in [-0.25, -0.2) is 4.98 Å². The van der Waals surface area contributed by atoms with Gasteiger partial charge in [-0.3, -0.25) is 0 Å². The number of nitrogens with zero attached hydrogens (tertiary/aromatic N) is 1. The first-order chi connectivity index (χ1) is 6.90. The molecule has 0 atom stereocenters. The summed E-state index contributed by atoms with van der Waals surface area (Å²) in [6.07, 6.45) is 0.852. The van der Waals surface area contributed by atoms with E-state index in [4.69, 9.17) is 11.6 Å². The number of hydrogen-bond donors (Lipinski definition) is 0. The van der Waals surface area contributed by atoms with Crippen LogP contribution in [0.15, 0.2) is 35.7 Å². The Hall–Kier alpha value is -0.860. The van der Waals surface area contributed by atoms with Gasteiger partial charge in [-0.2, -0.15) is 0 Å². The summed E-state index contributed by atoms with van der Waals surface area (Å²) in [4.78, 5) is 4.50. The molecule has 1 aromatic heterocycles. The van der Waals surface area contributed by atoms with Crippen LogP contribution in [-0.2, 0) is 6.42 Å². The number of aryl methyl sites for hydroxylation is 1. The Balaban J connectivity index is 2.25. The second-order valence-electron chi connectivity index (χ2n) is 2.95. The molecule has 0 aliphatic heterocycles. The molecule has 0 radical (unpaired) electrons. The molecule has 2 rings (SSSR count). The van der Waals surface area contributed by atoms with E-state index in [2.05, 4.69) is 22.5 Å². The smallest absolute Gasteiger partial charge is 0.123 e. The summed E-state index contributed by atoms with van der Waals surface area (Å²) in [7, 11) is 0. The van der Waals surface area contributed by atoms with Crippen molar-refractivity contribution in [3.63, 3.8) is 0 Å². The highest BCUT2D eigenvalue weighted by Gasteiger charge is 2.02. The fourth-order valence-electron chi connectivity index (χ4n) is 1.23. The van der Waals surface area contributed by atoms with Gasteiger partial charge in [-0.05, 0) is 0 Å². The van der Waals surface area contributed by atoms with Gasteiger partial charge in [0.25, 0.3) is 0 Å². The molecule has 0 saturated carbocycles. The summed E-state index contributed by atoms with van der Waals surface area (Å²) in [5.41, 5.74) is 2.27. The number of thiazole rings is 1. The van der Waals surface area contributed by atoms with Gasteiger partial charge in [0.1, 0.15) is 5.01 Å². The maximum absolute atomic E-state index is 5.66. The van der Waals surface area contributed by atoms with Crippen molar-refractivity contribution in [2.75, 3.05) is 5.88 Å². The van der Waals surface area contributed by atoms with E-state index < -0.39 is 0 Å². The van der Waals surface area contributed by atoms with E-state index in [0.717, 1.165) is 17.1 Å². The Morgan fingerprint density at radius 3 is 2.71 bits per heavy atom. The molecule has 1 nitrogen and oxygen atoms in total. The lowest BCUT2D eigenvalue weighted by Gasteiger charge is -1.93. The summed E-state index contributed by atoms with van der Waals surface area (Å²) in [5.74, 6) is 0.637. The number of hydrogen-bond acceptors (Lipinski definition) is 2. The number of halogens is 1. The Bertz CT molecular complexity index is 397. The Morgan fingerprint density at radius 1 is 1.21 bits per heavy atom. The molecular weight excluding hydrogens is 214 g/mol. The molecule has 2 aromatic rings. The lowest BCUT2D eigenvalue weighted by atomic mass is 10.2. The summed E-state index contributed by atoms with van der Waals surface area (Å²) >= 11 is 7.33. The summed E-state index contributed by atoms with van der Waals surface area (Å²) in [6, 6.07) is 10.2. The third kappa shape index (κ3) is 2.14. The summed E-state index contributed by atoms with van der Waals surface area (Å²) < 4.78 is 0. The van der Waals surface area contributed by atoms with Crippen LogP contribution in [0.25, 0.3) is 10.6 Å². The highest BCUT2D eigenvalue weighted by Crippen LogP contribution is 2.23. The molecule has 0 aliphatic carbocycles. The maximum atomic E-state index is 5.66. The zero-order valence-electron chi connectivity index (χ0n) is 7.61. The molecule has 3 heteroatoms. The molecule has 0 bridgehead atoms. The average Bonchev–Trinajstić information content (AvgIpc) is 2.68. The van der Waals surface area contributed by atoms with Crippen LogP contribution >= 0.6 is 22.9 Å². The minimum absolute atomic E-state index is 0.637. The normalized spacial score (nSPS) is 10.4. The predicted molar refractivity (Wildman–Crippen MR) is 62.0 cm³/mol. The molecule has 14 heavy (non-hydrogen) atoms. The Morgan fingerprint density at radius 2 is 2.00 bits per heavy atom. The number of aromatic nitrogens is 1. The van der Waals surface area contributed by atoms with Gasteiger partial charge in [0, 0.05) is 23.2 Å². The minimum Gasteiger partial charge on any atom is -0.241 e. The van der Waals surface area contributed by atoms with Gasteiger partial charge in [-0.1, -0.05) is 30.3 Å². The molecule has 0 unspecified atom stereocenters. The van der Waals surface area contributed by atoms with Gasteiger partial charge in [-0.15, -0.1) is 22.9 Å². The van der Waals surface area contributed by atoms with Crippen LogP contribution < -0.4 is 0 Å². The zero-order chi connectivity index (χ0) is 9.80. The number of benzene rings is 1. The average molecular weight is 224 g/mol. The van der Waals surface area contributed by atoms with E-state index in [1.54, 1.807) is 11.3 Å². The van der Waals surface area contributed by atoms with Crippen molar-refractivity contribution in [3.05, 3.63) is 41.4 Å². The van der Waals surface area contributed by atoms with Crippen molar-refractivity contribution in [2.24, 2.45) is 0 Å². The van der Waals surface area contributed by atoms with Crippen LogP contribution in [-0.4, -0.2) is 10.9 Å². The standard InChI is InChI=1S/C11H10ClNS/c12-7-6-10-8-14-11(13-10)9-4-2-1-3-5-9/h1-5,8H,6-7H2. The molecular formula is C11H10ClNS. The second-order valence-corrected chi connectivity index (χ2v) is 4.19. The van der Waals surface area contributed by atoms with Gasteiger partial charge < -0.3 is 0 Å². The molecule has 0 spiro atoms. The van der Waals surface area contributed by atoms with Gasteiger partial charge in [0.15, 0.2) is 0 Å². The van der Waals surface area contributed by atoms with Gasteiger partial charge in [0.2, 0.25) is 0 Å². The summed E-state index contributed by atoms with van der Waals surface area (Å²) in [6.45, 7) is 0. The molecule has 0 aliphatic rings.